The summed E-state index contributed by atoms with van der Waals surface area (Å²) >= 11 is 0. The Morgan fingerprint density at radius 3 is 2.50 bits per heavy atom. The molecule has 0 spiro atoms. The number of amides is 1. The van der Waals surface area contributed by atoms with Gasteiger partial charge >= 0.3 is 5.97 Å². The Morgan fingerprint density at radius 2 is 1.73 bits per heavy atom. The summed E-state index contributed by atoms with van der Waals surface area (Å²) in [6.07, 6.45) is 0.619. The van der Waals surface area contributed by atoms with Gasteiger partial charge in [0.25, 0.3) is 5.91 Å². The van der Waals surface area contributed by atoms with Crippen molar-refractivity contribution in [3.05, 3.63) is 59.8 Å². The number of ether oxygens (including phenoxy) is 3. The second-order valence-electron chi connectivity index (χ2n) is 6.59. The normalized spacial score (nSPS) is 10.6. The Kier molecular flexibility index (Phi) is 7.32. The van der Waals surface area contributed by atoms with Crippen molar-refractivity contribution in [2.75, 3.05) is 26.4 Å². The van der Waals surface area contributed by atoms with Crippen LogP contribution in [0, 0.1) is 0 Å². The molecular weight excluding hydrogens is 384 g/mol. The molecule has 7 nitrogen and oxygen atoms in total. The molecule has 0 aliphatic rings. The summed E-state index contributed by atoms with van der Waals surface area (Å²) in [6.45, 7) is 5.03. The minimum Gasteiger partial charge on any atom is -0.490 e. The number of fused-ring (bicyclic) bond motifs is 1. The summed E-state index contributed by atoms with van der Waals surface area (Å²) in [4.78, 5) is 27.1. The first kappa shape index (κ1) is 21.2. The Balaban J connectivity index is 1.45. The van der Waals surface area contributed by atoms with E-state index in [2.05, 4.69) is 10.3 Å². The van der Waals surface area contributed by atoms with Crippen LogP contribution in [0.15, 0.2) is 48.5 Å². The van der Waals surface area contributed by atoms with E-state index in [4.69, 9.17) is 14.2 Å². The molecule has 3 aromatic rings. The van der Waals surface area contributed by atoms with Crippen LogP contribution in [-0.2, 0) is 16.0 Å². The standard InChI is InChI=1S/C23H26N2O5/c1-3-28-20-10-9-16(13-21(20)29-4-2)11-12-24-22(26)15-30-23(27)19-14-17-7-5-6-8-18(17)25-19/h5-10,13-14,25H,3-4,11-12,15H2,1-2H3,(H,24,26). The monoisotopic (exact) mass is 410 g/mol. The zero-order valence-corrected chi connectivity index (χ0v) is 17.2. The van der Waals surface area contributed by atoms with Gasteiger partial charge in [-0.05, 0) is 50.1 Å². The average Bonchev–Trinajstić information content (AvgIpc) is 3.18. The van der Waals surface area contributed by atoms with Crippen LogP contribution < -0.4 is 14.8 Å². The zero-order valence-electron chi connectivity index (χ0n) is 17.2. The number of hydrogen-bond acceptors (Lipinski definition) is 5. The van der Waals surface area contributed by atoms with Crippen molar-refractivity contribution in [3.63, 3.8) is 0 Å². The summed E-state index contributed by atoms with van der Waals surface area (Å²) in [5.41, 5.74) is 2.18. The smallest absolute Gasteiger partial charge is 0.355 e. The number of carbonyl (C=O) groups excluding carboxylic acids is 2. The van der Waals surface area contributed by atoms with Crippen LogP contribution in [0.3, 0.4) is 0 Å². The molecule has 0 radical (unpaired) electrons. The van der Waals surface area contributed by atoms with Crippen molar-refractivity contribution >= 4 is 22.8 Å². The minimum atomic E-state index is -0.561. The number of hydrogen-bond donors (Lipinski definition) is 2. The number of nitrogens with one attached hydrogen (secondary N) is 2. The van der Waals surface area contributed by atoms with Crippen LogP contribution in [0.4, 0.5) is 0 Å². The van der Waals surface area contributed by atoms with Crippen molar-refractivity contribution < 1.29 is 23.8 Å². The highest BCUT2D eigenvalue weighted by atomic mass is 16.5. The van der Waals surface area contributed by atoms with E-state index in [-0.39, 0.29) is 12.5 Å². The average molecular weight is 410 g/mol. The summed E-state index contributed by atoms with van der Waals surface area (Å²) in [7, 11) is 0. The maximum atomic E-state index is 12.1. The fourth-order valence-electron chi connectivity index (χ4n) is 3.04. The van der Waals surface area contributed by atoms with Gasteiger partial charge in [0, 0.05) is 17.4 Å². The summed E-state index contributed by atoms with van der Waals surface area (Å²) in [6, 6.07) is 15.0. The van der Waals surface area contributed by atoms with E-state index in [0.29, 0.717) is 43.4 Å². The predicted octanol–water partition coefficient (Wildman–Crippen LogP) is 3.48. The van der Waals surface area contributed by atoms with Gasteiger partial charge in [-0.3, -0.25) is 4.79 Å². The maximum absolute atomic E-state index is 12.1. The molecule has 0 aliphatic heterocycles. The third-order valence-electron chi connectivity index (χ3n) is 4.43. The van der Waals surface area contributed by atoms with E-state index in [1.54, 1.807) is 6.07 Å². The zero-order chi connectivity index (χ0) is 21.3. The molecule has 0 unspecified atom stereocenters. The number of benzene rings is 2. The molecule has 2 aromatic carbocycles. The van der Waals surface area contributed by atoms with E-state index in [1.165, 1.54) is 0 Å². The molecule has 0 saturated heterocycles. The first-order chi connectivity index (χ1) is 14.6. The second kappa shape index (κ2) is 10.3. The first-order valence-corrected chi connectivity index (χ1v) is 10.0. The summed E-state index contributed by atoms with van der Waals surface area (Å²) < 4.78 is 16.3. The number of aromatic nitrogens is 1. The van der Waals surface area contributed by atoms with Crippen molar-refractivity contribution in [2.24, 2.45) is 0 Å². The Hall–Kier alpha value is -3.48. The Morgan fingerprint density at radius 1 is 0.967 bits per heavy atom. The molecule has 3 rings (SSSR count). The molecule has 2 N–H and O–H groups in total. The van der Waals surface area contributed by atoms with Crippen molar-refractivity contribution in [3.8, 4) is 11.5 Å². The van der Waals surface area contributed by atoms with Gasteiger partial charge in [0.15, 0.2) is 18.1 Å². The van der Waals surface area contributed by atoms with Crippen molar-refractivity contribution in [2.45, 2.75) is 20.3 Å². The molecule has 7 heteroatoms. The highest BCUT2D eigenvalue weighted by molar-refractivity contribution is 5.95. The minimum absolute atomic E-state index is 0.321. The van der Waals surface area contributed by atoms with Gasteiger partial charge in [0.05, 0.1) is 13.2 Å². The molecule has 0 bridgehead atoms. The lowest BCUT2D eigenvalue weighted by molar-refractivity contribution is -0.124. The molecule has 0 saturated carbocycles. The number of H-pyrrole nitrogens is 1. The molecule has 0 fully saturated rings. The molecule has 1 heterocycles. The van der Waals surface area contributed by atoms with E-state index in [0.717, 1.165) is 16.5 Å². The fraction of sp³-hybridized carbons (Fsp3) is 0.304. The fourth-order valence-corrected chi connectivity index (χ4v) is 3.04. The van der Waals surface area contributed by atoms with Gasteiger partial charge in [0.2, 0.25) is 0 Å². The number of rotatable bonds is 10. The van der Waals surface area contributed by atoms with Crippen LogP contribution in [0.2, 0.25) is 0 Å². The van der Waals surface area contributed by atoms with E-state index < -0.39 is 5.97 Å². The second-order valence-corrected chi connectivity index (χ2v) is 6.59. The topological polar surface area (TPSA) is 89.6 Å². The number of para-hydroxylation sites is 1. The Bertz CT molecular complexity index is 979. The first-order valence-electron chi connectivity index (χ1n) is 10.0. The van der Waals surface area contributed by atoms with Gasteiger partial charge in [-0.2, -0.15) is 0 Å². The molecule has 30 heavy (non-hydrogen) atoms. The Labute approximate surface area is 175 Å². The van der Waals surface area contributed by atoms with Crippen LogP contribution >= 0.6 is 0 Å². The van der Waals surface area contributed by atoms with Crippen LogP contribution in [0.5, 0.6) is 11.5 Å². The summed E-state index contributed by atoms with van der Waals surface area (Å²) in [5, 5.41) is 3.67. The lowest BCUT2D eigenvalue weighted by Crippen LogP contribution is -2.30. The summed E-state index contributed by atoms with van der Waals surface area (Å²) in [5.74, 6) is 0.483. The van der Waals surface area contributed by atoms with Gasteiger partial charge in [-0.1, -0.05) is 24.3 Å². The van der Waals surface area contributed by atoms with Gasteiger partial charge in [-0.25, -0.2) is 4.79 Å². The van der Waals surface area contributed by atoms with Crippen molar-refractivity contribution in [1.29, 1.82) is 0 Å². The molecule has 0 aliphatic carbocycles. The highest BCUT2D eigenvalue weighted by Crippen LogP contribution is 2.28. The predicted molar refractivity (Wildman–Crippen MR) is 114 cm³/mol. The highest BCUT2D eigenvalue weighted by Gasteiger charge is 2.13. The molecule has 1 amide bonds. The molecule has 158 valence electrons. The number of carbonyl (C=O) groups is 2. The van der Waals surface area contributed by atoms with E-state index >= 15 is 0 Å². The van der Waals surface area contributed by atoms with Gasteiger partial charge < -0.3 is 24.5 Å². The maximum Gasteiger partial charge on any atom is 0.355 e. The molecule has 0 atom stereocenters. The van der Waals surface area contributed by atoms with Crippen LogP contribution in [0.25, 0.3) is 10.9 Å². The molecule has 1 aromatic heterocycles. The van der Waals surface area contributed by atoms with Crippen LogP contribution in [0.1, 0.15) is 29.9 Å². The largest absolute Gasteiger partial charge is 0.490 e. The quantitative estimate of drug-likeness (QED) is 0.500. The van der Waals surface area contributed by atoms with E-state index in [1.807, 2.05) is 56.3 Å². The lowest BCUT2D eigenvalue weighted by atomic mass is 10.1. The SMILES string of the molecule is CCOc1ccc(CCNC(=O)COC(=O)c2cc3ccccc3[nH]2)cc1OCC. The lowest BCUT2D eigenvalue weighted by Gasteiger charge is -2.12. The van der Waals surface area contributed by atoms with E-state index in [9.17, 15) is 9.59 Å². The number of esters is 1. The third-order valence-corrected chi connectivity index (χ3v) is 4.43. The van der Waals surface area contributed by atoms with Crippen LogP contribution in [-0.4, -0.2) is 43.2 Å². The van der Waals surface area contributed by atoms with Gasteiger partial charge in [-0.15, -0.1) is 0 Å². The number of aromatic amines is 1. The van der Waals surface area contributed by atoms with Gasteiger partial charge in [0.1, 0.15) is 5.69 Å². The third kappa shape index (κ3) is 5.53. The molecular formula is C23H26N2O5. The van der Waals surface area contributed by atoms with Crippen molar-refractivity contribution in [1.82, 2.24) is 10.3 Å².